The maximum atomic E-state index is 12.2. The Morgan fingerprint density at radius 2 is 1.92 bits per heavy atom. The second kappa shape index (κ2) is 9.77. The van der Waals surface area contributed by atoms with Gasteiger partial charge < -0.3 is 14.8 Å². The van der Waals surface area contributed by atoms with Crippen molar-refractivity contribution in [2.24, 2.45) is 0 Å². The number of carbonyl (C=O) groups excluding carboxylic acids is 2. The van der Waals surface area contributed by atoms with E-state index in [4.69, 9.17) is 21.1 Å². The Hall–Kier alpha value is -2.60. The molecule has 26 heavy (non-hydrogen) atoms. The first-order chi connectivity index (χ1) is 12.5. The van der Waals surface area contributed by atoms with E-state index >= 15 is 0 Å². The minimum Gasteiger partial charge on any atom is -0.494 e. The largest absolute Gasteiger partial charge is 0.494 e. The standard InChI is InChI=1S/C19H21ClN2O4/c1-3-4-11-25-16-8-5-14(6-9-16)19(24)26-13(2)18(23)22-17-10-7-15(20)12-21-17/h5-10,12-13H,3-4,11H2,1-2H3,(H,21,22,23)/t13-/m0/s1. The predicted octanol–water partition coefficient (Wildman–Crippen LogP) is 4.10. The number of rotatable bonds is 8. The van der Waals surface area contributed by atoms with Crippen LogP contribution in [0.2, 0.25) is 5.02 Å². The first-order valence-corrected chi connectivity index (χ1v) is 8.73. The van der Waals surface area contributed by atoms with Gasteiger partial charge in [-0.25, -0.2) is 9.78 Å². The van der Waals surface area contributed by atoms with Gasteiger partial charge in [-0.05, 0) is 49.7 Å². The van der Waals surface area contributed by atoms with E-state index in [0.29, 0.717) is 28.8 Å². The number of aromatic nitrogens is 1. The van der Waals surface area contributed by atoms with Gasteiger partial charge in [0.25, 0.3) is 5.91 Å². The van der Waals surface area contributed by atoms with Gasteiger partial charge in [0.05, 0.1) is 17.2 Å². The van der Waals surface area contributed by atoms with Crippen LogP contribution in [-0.4, -0.2) is 29.6 Å². The van der Waals surface area contributed by atoms with Gasteiger partial charge in [-0.1, -0.05) is 24.9 Å². The molecule has 0 saturated heterocycles. The molecule has 0 bridgehead atoms. The second-order valence-corrected chi connectivity index (χ2v) is 6.06. The number of hydrogen-bond donors (Lipinski definition) is 1. The van der Waals surface area contributed by atoms with Gasteiger partial charge in [-0.2, -0.15) is 0 Å². The van der Waals surface area contributed by atoms with Crippen molar-refractivity contribution < 1.29 is 19.1 Å². The van der Waals surface area contributed by atoms with E-state index in [-0.39, 0.29) is 0 Å². The van der Waals surface area contributed by atoms with Crippen LogP contribution in [0.1, 0.15) is 37.0 Å². The average Bonchev–Trinajstić information content (AvgIpc) is 2.64. The molecule has 0 fully saturated rings. The van der Waals surface area contributed by atoms with Crippen molar-refractivity contribution >= 4 is 29.3 Å². The van der Waals surface area contributed by atoms with Gasteiger partial charge in [-0.15, -0.1) is 0 Å². The Balaban J connectivity index is 1.87. The molecule has 0 aliphatic rings. The molecule has 1 amide bonds. The van der Waals surface area contributed by atoms with Crippen molar-refractivity contribution in [2.45, 2.75) is 32.8 Å². The molecule has 0 spiro atoms. The van der Waals surface area contributed by atoms with Crippen LogP contribution in [0.15, 0.2) is 42.6 Å². The van der Waals surface area contributed by atoms with Gasteiger partial charge in [0.2, 0.25) is 0 Å². The minimum absolute atomic E-state index is 0.330. The molecule has 7 heteroatoms. The molecule has 0 radical (unpaired) electrons. The molecule has 0 saturated carbocycles. The van der Waals surface area contributed by atoms with E-state index in [2.05, 4.69) is 17.2 Å². The maximum Gasteiger partial charge on any atom is 0.338 e. The number of hydrogen-bond acceptors (Lipinski definition) is 5. The number of nitrogens with zero attached hydrogens (tertiary/aromatic N) is 1. The lowest BCUT2D eigenvalue weighted by atomic mass is 10.2. The number of amides is 1. The van der Waals surface area contributed by atoms with Crippen molar-refractivity contribution in [1.29, 1.82) is 0 Å². The van der Waals surface area contributed by atoms with Crippen LogP contribution >= 0.6 is 11.6 Å². The Morgan fingerprint density at radius 3 is 2.54 bits per heavy atom. The summed E-state index contributed by atoms with van der Waals surface area (Å²) < 4.78 is 10.7. The number of ether oxygens (including phenoxy) is 2. The quantitative estimate of drug-likeness (QED) is 0.554. The fourth-order valence-electron chi connectivity index (χ4n) is 1.98. The highest BCUT2D eigenvalue weighted by molar-refractivity contribution is 6.30. The smallest absolute Gasteiger partial charge is 0.338 e. The monoisotopic (exact) mass is 376 g/mol. The highest BCUT2D eigenvalue weighted by Crippen LogP contribution is 2.15. The van der Waals surface area contributed by atoms with Gasteiger partial charge in [-0.3, -0.25) is 4.79 Å². The zero-order valence-electron chi connectivity index (χ0n) is 14.7. The van der Waals surface area contributed by atoms with Crippen LogP contribution in [0.5, 0.6) is 5.75 Å². The van der Waals surface area contributed by atoms with E-state index in [1.165, 1.54) is 13.1 Å². The molecule has 1 N–H and O–H groups in total. The normalized spacial score (nSPS) is 11.5. The summed E-state index contributed by atoms with van der Waals surface area (Å²) in [7, 11) is 0. The third-order valence-corrected chi connectivity index (χ3v) is 3.71. The number of benzene rings is 1. The molecule has 0 unspecified atom stereocenters. The van der Waals surface area contributed by atoms with Crippen molar-refractivity contribution in [3.8, 4) is 5.75 Å². The first kappa shape index (κ1) is 19.7. The molecule has 138 valence electrons. The fourth-order valence-corrected chi connectivity index (χ4v) is 2.09. The summed E-state index contributed by atoms with van der Waals surface area (Å²) in [6, 6.07) is 9.78. The number of carbonyl (C=O) groups is 2. The van der Waals surface area contributed by atoms with Crippen molar-refractivity contribution in [3.05, 3.63) is 53.2 Å². The summed E-state index contributed by atoms with van der Waals surface area (Å²) in [6.07, 6.45) is 2.47. The lowest BCUT2D eigenvalue weighted by molar-refractivity contribution is -0.123. The Kier molecular flexibility index (Phi) is 7.41. The molecule has 1 aromatic heterocycles. The van der Waals surface area contributed by atoms with Crippen molar-refractivity contribution in [2.75, 3.05) is 11.9 Å². The van der Waals surface area contributed by atoms with Crippen LogP contribution in [0.3, 0.4) is 0 Å². The van der Waals surface area contributed by atoms with E-state index in [0.717, 1.165) is 12.8 Å². The minimum atomic E-state index is -0.972. The number of anilines is 1. The van der Waals surface area contributed by atoms with Crippen LogP contribution < -0.4 is 10.1 Å². The third-order valence-electron chi connectivity index (χ3n) is 3.49. The molecule has 1 aromatic carbocycles. The zero-order valence-corrected chi connectivity index (χ0v) is 15.5. The molecule has 0 aliphatic carbocycles. The van der Waals surface area contributed by atoms with E-state index in [9.17, 15) is 9.59 Å². The topological polar surface area (TPSA) is 77.5 Å². The van der Waals surface area contributed by atoms with Crippen LogP contribution in [0.4, 0.5) is 5.82 Å². The van der Waals surface area contributed by atoms with Crippen LogP contribution in [-0.2, 0) is 9.53 Å². The second-order valence-electron chi connectivity index (χ2n) is 5.62. The van der Waals surface area contributed by atoms with E-state index < -0.39 is 18.0 Å². The summed E-state index contributed by atoms with van der Waals surface area (Å²) in [5.74, 6) is -0.0463. The molecular formula is C19H21ClN2O4. The lowest BCUT2D eigenvalue weighted by Gasteiger charge is -2.13. The highest BCUT2D eigenvalue weighted by atomic mass is 35.5. The number of unbranched alkanes of at least 4 members (excludes halogenated alkanes) is 1. The highest BCUT2D eigenvalue weighted by Gasteiger charge is 2.19. The van der Waals surface area contributed by atoms with Gasteiger partial charge in [0.1, 0.15) is 11.6 Å². The summed E-state index contributed by atoms with van der Waals surface area (Å²) >= 11 is 5.74. The molecule has 1 heterocycles. The fraction of sp³-hybridized carbons (Fsp3) is 0.316. The van der Waals surface area contributed by atoms with Crippen molar-refractivity contribution in [1.82, 2.24) is 4.98 Å². The number of halogens is 1. The molecule has 1 atom stereocenters. The summed E-state index contributed by atoms with van der Waals surface area (Å²) in [4.78, 5) is 28.2. The maximum absolute atomic E-state index is 12.2. The van der Waals surface area contributed by atoms with Crippen LogP contribution in [0.25, 0.3) is 0 Å². The van der Waals surface area contributed by atoms with Gasteiger partial charge in [0.15, 0.2) is 6.10 Å². The van der Waals surface area contributed by atoms with E-state index in [1.54, 1.807) is 36.4 Å². The average molecular weight is 377 g/mol. The molecular weight excluding hydrogens is 356 g/mol. The van der Waals surface area contributed by atoms with Crippen LogP contribution in [0, 0.1) is 0 Å². The SMILES string of the molecule is CCCCOc1ccc(C(=O)O[C@@H](C)C(=O)Nc2ccc(Cl)cn2)cc1. The third kappa shape index (κ3) is 6.04. The molecule has 6 nitrogen and oxygen atoms in total. The lowest BCUT2D eigenvalue weighted by Crippen LogP contribution is -2.30. The number of nitrogens with one attached hydrogen (secondary N) is 1. The Morgan fingerprint density at radius 1 is 1.19 bits per heavy atom. The summed E-state index contributed by atoms with van der Waals surface area (Å²) in [5, 5.41) is 3.02. The molecule has 0 aliphatic heterocycles. The number of esters is 1. The van der Waals surface area contributed by atoms with Gasteiger partial charge >= 0.3 is 5.97 Å². The summed E-state index contributed by atoms with van der Waals surface area (Å²) in [5.41, 5.74) is 0.345. The van der Waals surface area contributed by atoms with Crippen molar-refractivity contribution in [3.63, 3.8) is 0 Å². The predicted molar refractivity (Wildman–Crippen MR) is 99.6 cm³/mol. The summed E-state index contributed by atoms with van der Waals surface area (Å²) in [6.45, 7) is 4.21. The Bertz CT molecular complexity index is 732. The molecule has 2 rings (SSSR count). The number of pyridine rings is 1. The first-order valence-electron chi connectivity index (χ1n) is 8.36. The van der Waals surface area contributed by atoms with E-state index in [1.807, 2.05) is 0 Å². The Labute approximate surface area is 157 Å². The zero-order chi connectivity index (χ0) is 18.9. The molecule has 2 aromatic rings. The van der Waals surface area contributed by atoms with Gasteiger partial charge in [0, 0.05) is 6.20 Å².